The number of unbranched alkanes of at least 4 members (excludes halogenated alkanes) is 1. The molecule has 2 heteroatoms. The summed E-state index contributed by atoms with van der Waals surface area (Å²) in [4.78, 5) is 4.03. The smallest absolute Gasteiger partial charge is 0.0805 e. The van der Waals surface area contributed by atoms with E-state index in [2.05, 4.69) is 10.9 Å². The minimum atomic E-state index is -0.434. The van der Waals surface area contributed by atoms with Crippen LogP contribution < -0.4 is 0 Å². The van der Waals surface area contributed by atoms with E-state index in [0.717, 1.165) is 24.0 Å². The zero-order valence-corrected chi connectivity index (χ0v) is 8.40. The fourth-order valence-corrected chi connectivity index (χ4v) is 1.32. The molecule has 1 heterocycles. The van der Waals surface area contributed by atoms with Gasteiger partial charge in [0.2, 0.25) is 0 Å². The molecule has 0 bridgehead atoms. The summed E-state index contributed by atoms with van der Waals surface area (Å²) in [5.74, 6) is 2.56. The number of terminal acetylenes is 1. The normalized spacial score (nSPS) is 12.1. The number of aliphatic hydroxyl groups excluding tert-OH is 1. The molecular formula is C12H15NO. The van der Waals surface area contributed by atoms with Crippen molar-refractivity contribution in [2.75, 3.05) is 0 Å². The van der Waals surface area contributed by atoms with E-state index in [1.165, 1.54) is 0 Å². The zero-order valence-electron chi connectivity index (χ0n) is 8.40. The SMILES string of the molecule is C#CCCCC(O)c1cncc(C)c1. The van der Waals surface area contributed by atoms with Crippen molar-refractivity contribution in [1.29, 1.82) is 0 Å². The number of hydrogen-bond donors (Lipinski definition) is 1. The molecule has 0 aliphatic carbocycles. The van der Waals surface area contributed by atoms with Gasteiger partial charge in [0.25, 0.3) is 0 Å². The Morgan fingerprint density at radius 3 is 3.00 bits per heavy atom. The Morgan fingerprint density at radius 2 is 2.36 bits per heavy atom. The van der Waals surface area contributed by atoms with E-state index < -0.39 is 6.10 Å². The second-order valence-electron chi connectivity index (χ2n) is 3.41. The van der Waals surface area contributed by atoms with Crippen molar-refractivity contribution in [3.8, 4) is 12.3 Å². The molecule has 0 aliphatic rings. The maximum atomic E-state index is 9.76. The Morgan fingerprint density at radius 1 is 1.57 bits per heavy atom. The van der Waals surface area contributed by atoms with Crippen LogP contribution in [-0.2, 0) is 0 Å². The van der Waals surface area contributed by atoms with Gasteiger partial charge in [-0.2, -0.15) is 0 Å². The molecule has 0 spiro atoms. The van der Waals surface area contributed by atoms with Crippen LogP contribution in [0.15, 0.2) is 18.5 Å². The van der Waals surface area contributed by atoms with Gasteiger partial charge in [0.1, 0.15) is 0 Å². The molecule has 0 saturated heterocycles. The average molecular weight is 189 g/mol. The molecular weight excluding hydrogens is 174 g/mol. The van der Waals surface area contributed by atoms with Crippen LogP contribution in [0.2, 0.25) is 0 Å². The molecule has 1 N–H and O–H groups in total. The van der Waals surface area contributed by atoms with Gasteiger partial charge >= 0.3 is 0 Å². The fraction of sp³-hybridized carbons (Fsp3) is 0.417. The van der Waals surface area contributed by atoms with Crippen LogP contribution in [-0.4, -0.2) is 10.1 Å². The Hall–Kier alpha value is -1.33. The molecule has 1 unspecified atom stereocenters. The van der Waals surface area contributed by atoms with Crippen LogP contribution in [0.1, 0.15) is 36.5 Å². The van der Waals surface area contributed by atoms with Crippen molar-refractivity contribution in [2.45, 2.75) is 32.3 Å². The van der Waals surface area contributed by atoms with Gasteiger partial charge in [-0.25, -0.2) is 0 Å². The summed E-state index contributed by atoms with van der Waals surface area (Å²) >= 11 is 0. The monoisotopic (exact) mass is 189 g/mol. The molecule has 2 nitrogen and oxygen atoms in total. The largest absolute Gasteiger partial charge is 0.388 e. The zero-order chi connectivity index (χ0) is 10.4. The second-order valence-corrected chi connectivity index (χ2v) is 3.41. The number of aromatic nitrogens is 1. The number of aryl methyl sites for hydroxylation is 1. The van der Waals surface area contributed by atoms with Gasteiger partial charge in [-0.1, -0.05) is 6.07 Å². The maximum Gasteiger partial charge on any atom is 0.0805 e. The van der Waals surface area contributed by atoms with Gasteiger partial charge in [0.05, 0.1) is 6.10 Å². The van der Waals surface area contributed by atoms with Crippen molar-refractivity contribution in [3.63, 3.8) is 0 Å². The summed E-state index contributed by atoms with van der Waals surface area (Å²) in [5.41, 5.74) is 1.94. The molecule has 0 saturated carbocycles. The van der Waals surface area contributed by atoms with Gasteiger partial charge in [-0.3, -0.25) is 4.98 Å². The third kappa shape index (κ3) is 3.20. The van der Waals surface area contributed by atoms with E-state index >= 15 is 0 Å². The summed E-state index contributed by atoms with van der Waals surface area (Å²) in [6.07, 6.45) is 10.5. The topological polar surface area (TPSA) is 33.1 Å². The van der Waals surface area contributed by atoms with Gasteiger partial charge in [0, 0.05) is 18.8 Å². The first kappa shape index (κ1) is 10.7. The Kier molecular flexibility index (Phi) is 4.15. The number of nitrogens with zero attached hydrogens (tertiary/aromatic N) is 1. The number of hydrogen-bond acceptors (Lipinski definition) is 2. The van der Waals surface area contributed by atoms with Crippen LogP contribution in [0.25, 0.3) is 0 Å². The predicted octanol–water partition coefficient (Wildman–Crippen LogP) is 2.23. The number of aliphatic hydroxyl groups is 1. The highest BCUT2D eigenvalue weighted by molar-refractivity contribution is 5.18. The van der Waals surface area contributed by atoms with E-state index in [1.54, 1.807) is 12.4 Å². The van der Waals surface area contributed by atoms with Gasteiger partial charge in [0.15, 0.2) is 0 Å². The molecule has 0 amide bonds. The van der Waals surface area contributed by atoms with Gasteiger partial charge in [-0.05, 0) is 30.9 Å². The predicted molar refractivity (Wildman–Crippen MR) is 56.6 cm³/mol. The maximum absolute atomic E-state index is 9.76. The van der Waals surface area contributed by atoms with Crippen molar-refractivity contribution in [3.05, 3.63) is 29.6 Å². The highest BCUT2D eigenvalue weighted by Gasteiger charge is 2.06. The van der Waals surface area contributed by atoms with E-state index in [9.17, 15) is 5.11 Å². The minimum absolute atomic E-state index is 0.434. The first-order valence-electron chi connectivity index (χ1n) is 4.77. The molecule has 0 aliphatic heterocycles. The summed E-state index contributed by atoms with van der Waals surface area (Å²) in [5, 5.41) is 9.76. The summed E-state index contributed by atoms with van der Waals surface area (Å²) in [7, 11) is 0. The summed E-state index contributed by atoms with van der Waals surface area (Å²) in [6, 6.07) is 1.95. The van der Waals surface area contributed by atoms with Crippen molar-refractivity contribution in [1.82, 2.24) is 4.98 Å². The second kappa shape index (κ2) is 5.41. The van der Waals surface area contributed by atoms with Crippen molar-refractivity contribution in [2.24, 2.45) is 0 Å². The van der Waals surface area contributed by atoms with E-state index in [4.69, 9.17) is 6.42 Å². The lowest BCUT2D eigenvalue weighted by molar-refractivity contribution is 0.164. The lowest BCUT2D eigenvalue weighted by atomic mass is 10.0. The van der Waals surface area contributed by atoms with Crippen LogP contribution in [0, 0.1) is 19.3 Å². The third-order valence-corrected chi connectivity index (χ3v) is 2.08. The molecule has 1 aromatic rings. The molecule has 1 aromatic heterocycles. The van der Waals surface area contributed by atoms with Crippen molar-refractivity contribution >= 4 is 0 Å². The quantitative estimate of drug-likeness (QED) is 0.582. The van der Waals surface area contributed by atoms with E-state index in [1.807, 2.05) is 13.0 Å². The Labute approximate surface area is 85.0 Å². The molecule has 1 atom stereocenters. The summed E-state index contributed by atoms with van der Waals surface area (Å²) in [6.45, 7) is 1.96. The average Bonchev–Trinajstić information content (AvgIpc) is 2.18. The number of rotatable bonds is 4. The summed E-state index contributed by atoms with van der Waals surface area (Å²) < 4.78 is 0. The molecule has 14 heavy (non-hydrogen) atoms. The van der Waals surface area contributed by atoms with Gasteiger partial charge < -0.3 is 5.11 Å². The van der Waals surface area contributed by atoms with Crippen LogP contribution >= 0.6 is 0 Å². The van der Waals surface area contributed by atoms with Crippen LogP contribution in [0.4, 0.5) is 0 Å². The standard InChI is InChI=1S/C12H15NO/c1-3-4-5-6-12(14)11-7-10(2)8-13-9-11/h1,7-9,12,14H,4-6H2,2H3. The highest BCUT2D eigenvalue weighted by Crippen LogP contribution is 2.18. The molecule has 74 valence electrons. The first-order valence-corrected chi connectivity index (χ1v) is 4.77. The first-order chi connectivity index (χ1) is 6.74. The molecule has 1 rings (SSSR count). The van der Waals surface area contributed by atoms with Crippen molar-refractivity contribution < 1.29 is 5.11 Å². The lowest BCUT2D eigenvalue weighted by Gasteiger charge is -2.09. The van der Waals surface area contributed by atoms with Crippen LogP contribution in [0.3, 0.4) is 0 Å². The van der Waals surface area contributed by atoms with E-state index in [-0.39, 0.29) is 0 Å². The van der Waals surface area contributed by atoms with E-state index in [0.29, 0.717) is 6.42 Å². The van der Waals surface area contributed by atoms with Gasteiger partial charge in [-0.15, -0.1) is 12.3 Å². The highest BCUT2D eigenvalue weighted by atomic mass is 16.3. The van der Waals surface area contributed by atoms with Crippen LogP contribution in [0.5, 0.6) is 0 Å². The third-order valence-electron chi connectivity index (χ3n) is 2.08. The Balaban J connectivity index is 2.52. The molecule has 0 radical (unpaired) electrons. The minimum Gasteiger partial charge on any atom is -0.388 e. The molecule has 0 aromatic carbocycles. The Bertz CT molecular complexity index is 327. The fourth-order valence-electron chi connectivity index (χ4n) is 1.32. The molecule has 0 fully saturated rings. The lowest BCUT2D eigenvalue weighted by Crippen LogP contribution is -1.98. The number of pyridine rings is 1.